The zero-order chi connectivity index (χ0) is 15.6. The van der Waals surface area contributed by atoms with Gasteiger partial charge in [0.15, 0.2) is 0 Å². The van der Waals surface area contributed by atoms with Gasteiger partial charge in [0.1, 0.15) is 5.69 Å². The quantitative estimate of drug-likeness (QED) is 0.667. The van der Waals surface area contributed by atoms with Crippen molar-refractivity contribution >= 4 is 33.2 Å². The smallest absolute Gasteiger partial charge is 0.293 e. The molecule has 1 aromatic carbocycles. The van der Waals surface area contributed by atoms with Gasteiger partial charge in [-0.05, 0) is 19.1 Å². The average Bonchev–Trinajstić information content (AvgIpc) is 2.46. The maximum atomic E-state index is 12.6. The molecule has 1 N–H and O–H groups in total. The molecule has 116 valence electrons. The number of hydrogen-bond acceptors (Lipinski definition) is 6. The van der Waals surface area contributed by atoms with E-state index in [4.69, 9.17) is 0 Å². The first kappa shape index (κ1) is 16.1. The summed E-state index contributed by atoms with van der Waals surface area (Å²) in [5.74, 6) is 1.47. The number of anilines is 1. The molecule has 0 saturated carbocycles. The SMILES string of the molecule is CNc1ccc(S(=O)(=O)N2CCSCC2C)cc1[N+](=O)[O-]. The Morgan fingerprint density at radius 1 is 1.48 bits per heavy atom. The second-order valence-electron chi connectivity index (χ2n) is 4.73. The maximum absolute atomic E-state index is 12.6. The molecule has 1 aliphatic rings. The summed E-state index contributed by atoms with van der Waals surface area (Å²) in [6, 6.07) is 3.84. The molecule has 0 aliphatic carbocycles. The van der Waals surface area contributed by atoms with E-state index in [2.05, 4.69) is 5.32 Å². The Kier molecular flexibility index (Phi) is 4.74. The van der Waals surface area contributed by atoms with Gasteiger partial charge in [0.2, 0.25) is 10.0 Å². The first-order valence-corrected chi connectivity index (χ1v) is 9.03. The topological polar surface area (TPSA) is 92.6 Å². The van der Waals surface area contributed by atoms with E-state index in [-0.39, 0.29) is 16.6 Å². The number of benzene rings is 1. The lowest BCUT2D eigenvalue weighted by Crippen LogP contribution is -2.44. The summed E-state index contributed by atoms with van der Waals surface area (Å²) in [5, 5.41) is 13.7. The number of thioether (sulfide) groups is 1. The fourth-order valence-corrected chi connectivity index (χ4v) is 5.11. The van der Waals surface area contributed by atoms with E-state index in [9.17, 15) is 18.5 Å². The highest BCUT2D eigenvalue weighted by atomic mass is 32.2. The van der Waals surface area contributed by atoms with Gasteiger partial charge in [-0.1, -0.05) is 0 Å². The average molecular weight is 331 g/mol. The normalized spacial score (nSPS) is 20.2. The molecule has 0 amide bonds. The minimum Gasteiger partial charge on any atom is -0.383 e. The van der Waals surface area contributed by atoms with E-state index in [1.807, 2.05) is 6.92 Å². The van der Waals surface area contributed by atoms with Crippen LogP contribution in [0.3, 0.4) is 0 Å². The molecule has 1 unspecified atom stereocenters. The van der Waals surface area contributed by atoms with Crippen LogP contribution in [0, 0.1) is 10.1 Å². The van der Waals surface area contributed by atoms with Crippen LogP contribution in [0.4, 0.5) is 11.4 Å². The molecular weight excluding hydrogens is 314 g/mol. The highest BCUT2D eigenvalue weighted by Gasteiger charge is 2.32. The van der Waals surface area contributed by atoms with Crippen molar-refractivity contribution in [2.45, 2.75) is 17.9 Å². The number of nitro groups is 1. The standard InChI is InChI=1S/C12H17N3O4S2/c1-9-8-20-6-5-14(9)21(18,19)10-3-4-11(13-2)12(7-10)15(16)17/h3-4,7,9,13H,5-6,8H2,1-2H3. The summed E-state index contributed by atoms with van der Waals surface area (Å²) in [7, 11) is -2.15. The predicted octanol–water partition coefficient (Wildman–Crippen LogP) is 1.76. The second-order valence-corrected chi connectivity index (χ2v) is 7.77. The van der Waals surface area contributed by atoms with Gasteiger partial charge in [-0.3, -0.25) is 10.1 Å². The van der Waals surface area contributed by atoms with Gasteiger partial charge in [0.25, 0.3) is 5.69 Å². The third kappa shape index (κ3) is 3.14. The number of rotatable bonds is 4. The van der Waals surface area contributed by atoms with Gasteiger partial charge >= 0.3 is 0 Å². The fourth-order valence-electron chi connectivity index (χ4n) is 2.24. The molecule has 7 nitrogen and oxygen atoms in total. The van der Waals surface area contributed by atoms with E-state index in [0.717, 1.165) is 17.6 Å². The van der Waals surface area contributed by atoms with E-state index >= 15 is 0 Å². The lowest BCUT2D eigenvalue weighted by Gasteiger charge is -2.31. The van der Waals surface area contributed by atoms with Crippen molar-refractivity contribution in [3.63, 3.8) is 0 Å². The van der Waals surface area contributed by atoms with Crippen LogP contribution in [0.2, 0.25) is 0 Å². The van der Waals surface area contributed by atoms with Crippen molar-refractivity contribution in [1.82, 2.24) is 4.31 Å². The maximum Gasteiger partial charge on any atom is 0.293 e. The molecule has 9 heteroatoms. The molecule has 21 heavy (non-hydrogen) atoms. The second kappa shape index (κ2) is 6.20. The minimum atomic E-state index is -3.70. The molecule has 1 aromatic rings. The molecule has 0 spiro atoms. The van der Waals surface area contributed by atoms with Crippen molar-refractivity contribution in [2.75, 3.05) is 30.4 Å². The minimum absolute atomic E-state index is 0.0352. The van der Waals surface area contributed by atoms with Crippen LogP contribution < -0.4 is 5.32 Å². The van der Waals surface area contributed by atoms with Crippen LogP contribution in [0.15, 0.2) is 23.1 Å². The van der Waals surface area contributed by atoms with E-state index in [1.54, 1.807) is 18.8 Å². The number of hydrogen-bond donors (Lipinski definition) is 1. The van der Waals surface area contributed by atoms with Gasteiger partial charge < -0.3 is 5.32 Å². The molecule has 0 bridgehead atoms. The fraction of sp³-hybridized carbons (Fsp3) is 0.500. The van der Waals surface area contributed by atoms with Crippen molar-refractivity contribution in [3.05, 3.63) is 28.3 Å². The first-order valence-electron chi connectivity index (χ1n) is 6.43. The Balaban J connectivity index is 2.45. The van der Waals surface area contributed by atoms with Crippen LogP contribution in [0.1, 0.15) is 6.92 Å². The number of nitrogens with zero attached hydrogens (tertiary/aromatic N) is 2. The molecule has 0 aromatic heterocycles. The van der Waals surface area contributed by atoms with Crippen molar-refractivity contribution in [1.29, 1.82) is 0 Å². The Labute approximate surface area is 127 Å². The third-order valence-electron chi connectivity index (χ3n) is 3.35. The molecule has 1 aliphatic heterocycles. The molecule has 1 saturated heterocycles. The highest BCUT2D eigenvalue weighted by molar-refractivity contribution is 7.99. The first-order chi connectivity index (χ1) is 9.87. The van der Waals surface area contributed by atoms with Crippen LogP contribution >= 0.6 is 11.8 Å². The van der Waals surface area contributed by atoms with Crippen LogP contribution in [-0.4, -0.2) is 48.8 Å². The van der Waals surface area contributed by atoms with E-state index < -0.39 is 14.9 Å². The van der Waals surface area contributed by atoms with Gasteiger partial charge in [-0.15, -0.1) is 0 Å². The van der Waals surface area contributed by atoms with Crippen LogP contribution in [0.5, 0.6) is 0 Å². The van der Waals surface area contributed by atoms with Gasteiger partial charge in [0.05, 0.1) is 9.82 Å². The lowest BCUT2D eigenvalue weighted by atomic mass is 10.3. The largest absolute Gasteiger partial charge is 0.383 e. The van der Waals surface area contributed by atoms with Gasteiger partial charge in [-0.25, -0.2) is 8.42 Å². The number of nitrogens with one attached hydrogen (secondary N) is 1. The Morgan fingerprint density at radius 3 is 2.76 bits per heavy atom. The number of nitro benzene ring substituents is 1. The lowest BCUT2D eigenvalue weighted by molar-refractivity contribution is -0.384. The Hall–Kier alpha value is -1.32. The summed E-state index contributed by atoms with van der Waals surface area (Å²) >= 11 is 1.71. The molecule has 1 atom stereocenters. The van der Waals surface area contributed by atoms with E-state index in [0.29, 0.717) is 12.2 Å². The van der Waals surface area contributed by atoms with Crippen molar-refractivity contribution in [2.24, 2.45) is 0 Å². The molecule has 2 rings (SSSR count). The predicted molar refractivity (Wildman–Crippen MR) is 83.3 cm³/mol. The zero-order valence-corrected chi connectivity index (χ0v) is 13.4. The highest BCUT2D eigenvalue weighted by Crippen LogP contribution is 2.30. The summed E-state index contributed by atoms with van der Waals surface area (Å²) in [6.45, 7) is 2.27. The summed E-state index contributed by atoms with van der Waals surface area (Å²) in [6.07, 6.45) is 0. The Morgan fingerprint density at radius 2 is 2.19 bits per heavy atom. The van der Waals surface area contributed by atoms with Crippen LogP contribution in [-0.2, 0) is 10.0 Å². The zero-order valence-electron chi connectivity index (χ0n) is 11.8. The molecule has 0 radical (unpaired) electrons. The van der Waals surface area contributed by atoms with Crippen molar-refractivity contribution < 1.29 is 13.3 Å². The molecular formula is C12H17N3O4S2. The van der Waals surface area contributed by atoms with Gasteiger partial charge in [-0.2, -0.15) is 16.1 Å². The summed E-state index contributed by atoms with van der Waals surface area (Å²) in [4.78, 5) is 10.4. The van der Waals surface area contributed by atoms with Crippen LogP contribution in [0.25, 0.3) is 0 Å². The number of sulfonamides is 1. The molecule has 1 fully saturated rings. The summed E-state index contributed by atoms with van der Waals surface area (Å²) < 4.78 is 26.7. The molecule has 1 heterocycles. The van der Waals surface area contributed by atoms with Crippen molar-refractivity contribution in [3.8, 4) is 0 Å². The van der Waals surface area contributed by atoms with Gasteiger partial charge in [0, 0.05) is 37.2 Å². The Bertz CT molecular complexity index is 648. The summed E-state index contributed by atoms with van der Waals surface area (Å²) in [5.41, 5.74) is 0.0545. The monoisotopic (exact) mass is 331 g/mol. The van der Waals surface area contributed by atoms with E-state index in [1.165, 1.54) is 16.4 Å². The third-order valence-corrected chi connectivity index (χ3v) is 6.55.